The maximum Gasteiger partial charge on any atom is 0.253 e. The number of thiophene rings is 1. The number of methoxy groups -OCH3 is 2. The molecule has 0 saturated heterocycles. The van der Waals surface area contributed by atoms with Crippen LogP contribution >= 0.6 is 23.1 Å². The Morgan fingerprint density at radius 2 is 1.80 bits per heavy atom. The summed E-state index contributed by atoms with van der Waals surface area (Å²) < 4.78 is 12.8. The van der Waals surface area contributed by atoms with Crippen molar-refractivity contribution in [1.82, 2.24) is 25.1 Å². The highest BCUT2D eigenvalue weighted by Crippen LogP contribution is 2.36. The van der Waals surface area contributed by atoms with Gasteiger partial charge < -0.3 is 14.8 Å². The SMILES string of the molecule is COc1ccc([C@H]2CC(c3cccs3)=NN2C(=O)CSc2nnc(CNC(=O)c3cccc(C)c3)n2-c2ccccc2OC)cc1. The number of hydrazone groups is 1. The molecule has 1 aliphatic heterocycles. The Bertz CT molecular complexity index is 1870. The van der Waals surface area contributed by atoms with Crippen LogP contribution in [0.25, 0.3) is 5.69 Å². The van der Waals surface area contributed by atoms with Gasteiger partial charge in [0.1, 0.15) is 11.5 Å². The topological polar surface area (TPSA) is 111 Å². The highest BCUT2D eigenvalue weighted by Gasteiger charge is 2.34. The number of benzene rings is 3. The normalized spacial score (nSPS) is 14.2. The summed E-state index contributed by atoms with van der Waals surface area (Å²) in [5, 5.41) is 20.7. The monoisotopic (exact) mass is 652 g/mol. The zero-order chi connectivity index (χ0) is 32.0. The smallest absolute Gasteiger partial charge is 0.253 e. The molecule has 0 radical (unpaired) electrons. The summed E-state index contributed by atoms with van der Waals surface area (Å²) in [4.78, 5) is 27.8. The minimum absolute atomic E-state index is 0.0663. The number of carbonyl (C=O) groups is 2. The number of aromatic nitrogens is 3. The number of amides is 2. The lowest BCUT2D eigenvalue weighted by atomic mass is 10.0. The fraction of sp³-hybridized carbons (Fsp3) is 0.206. The number of thioether (sulfide) groups is 1. The lowest BCUT2D eigenvalue weighted by molar-refractivity contribution is -0.130. The molecule has 3 aromatic carbocycles. The van der Waals surface area contributed by atoms with Crippen LogP contribution in [0.2, 0.25) is 0 Å². The summed E-state index contributed by atoms with van der Waals surface area (Å²) in [5.41, 5.74) is 4.09. The molecule has 1 aliphatic rings. The molecule has 46 heavy (non-hydrogen) atoms. The molecule has 1 atom stereocenters. The predicted molar refractivity (Wildman–Crippen MR) is 179 cm³/mol. The molecule has 0 saturated carbocycles. The molecule has 1 N–H and O–H groups in total. The third-order valence-corrected chi connectivity index (χ3v) is 9.34. The molecule has 5 aromatic rings. The number of hydrogen-bond acceptors (Lipinski definition) is 9. The largest absolute Gasteiger partial charge is 0.497 e. The van der Waals surface area contributed by atoms with Crippen molar-refractivity contribution in [3.63, 3.8) is 0 Å². The van der Waals surface area contributed by atoms with Crippen molar-refractivity contribution >= 4 is 40.6 Å². The molecule has 12 heteroatoms. The van der Waals surface area contributed by atoms with E-state index in [2.05, 4.69) is 15.5 Å². The lowest BCUT2D eigenvalue weighted by Crippen LogP contribution is -2.28. The van der Waals surface area contributed by atoms with E-state index >= 15 is 0 Å². The highest BCUT2D eigenvalue weighted by atomic mass is 32.2. The second-order valence-corrected chi connectivity index (χ2v) is 12.4. The second kappa shape index (κ2) is 14.0. The van der Waals surface area contributed by atoms with Crippen molar-refractivity contribution in [2.75, 3.05) is 20.0 Å². The van der Waals surface area contributed by atoms with Crippen LogP contribution in [0.3, 0.4) is 0 Å². The van der Waals surface area contributed by atoms with Gasteiger partial charge in [-0.1, -0.05) is 59.8 Å². The van der Waals surface area contributed by atoms with Crippen molar-refractivity contribution in [2.45, 2.75) is 31.1 Å². The molecule has 0 unspecified atom stereocenters. The van der Waals surface area contributed by atoms with Gasteiger partial charge in [0.05, 0.1) is 48.8 Å². The Morgan fingerprint density at radius 1 is 0.978 bits per heavy atom. The summed E-state index contributed by atoms with van der Waals surface area (Å²) in [7, 11) is 3.22. The summed E-state index contributed by atoms with van der Waals surface area (Å²) >= 11 is 2.86. The maximum atomic E-state index is 13.9. The van der Waals surface area contributed by atoms with Crippen molar-refractivity contribution < 1.29 is 19.1 Å². The van der Waals surface area contributed by atoms with E-state index in [1.807, 2.05) is 95.7 Å². The highest BCUT2D eigenvalue weighted by molar-refractivity contribution is 7.99. The van der Waals surface area contributed by atoms with Crippen LogP contribution in [0.5, 0.6) is 11.5 Å². The number of aryl methyl sites for hydroxylation is 1. The standard InChI is InChI=1S/C34H32N6O4S2/c1-22-8-6-9-24(18-22)33(42)35-20-31-36-37-34(39(31)27-10-4-5-11-29(27)44-3)46-21-32(41)40-28(23-13-15-25(43-2)16-14-23)19-26(38-40)30-12-7-17-45-30/h4-18,28H,19-21H2,1-3H3,(H,35,42)/t28-/m1/s1. The number of para-hydroxylation sites is 2. The summed E-state index contributed by atoms with van der Waals surface area (Å²) in [6.07, 6.45) is 0.603. The van der Waals surface area contributed by atoms with E-state index in [0.717, 1.165) is 27.5 Å². The van der Waals surface area contributed by atoms with E-state index in [4.69, 9.17) is 14.6 Å². The average molecular weight is 653 g/mol. The maximum absolute atomic E-state index is 13.9. The zero-order valence-electron chi connectivity index (χ0n) is 25.5. The van der Waals surface area contributed by atoms with E-state index in [0.29, 0.717) is 34.4 Å². The third kappa shape index (κ3) is 6.68. The Hall–Kier alpha value is -4.94. The molecule has 10 nitrogen and oxygen atoms in total. The molecule has 3 heterocycles. The molecule has 0 fully saturated rings. The first-order valence-corrected chi connectivity index (χ1v) is 16.4. The van der Waals surface area contributed by atoms with Crippen LogP contribution in [0.15, 0.2) is 101 Å². The van der Waals surface area contributed by atoms with Gasteiger partial charge >= 0.3 is 0 Å². The average Bonchev–Trinajstić information content (AvgIpc) is 3.86. The van der Waals surface area contributed by atoms with E-state index in [9.17, 15) is 9.59 Å². The van der Waals surface area contributed by atoms with Crippen LogP contribution in [0.1, 0.15) is 44.6 Å². The number of carbonyl (C=O) groups excluding carboxylic acids is 2. The van der Waals surface area contributed by atoms with Crippen molar-refractivity contribution in [1.29, 1.82) is 0 Å². The number of nitrogens with zero attached hydrogens (tertiary/aromatic N) is 5. The first kappa shape index (κ1) is 31.1. The minimum Gasteiger partial charge on any atom is -0.497 e. The van der Waals surface area contributed by atoms with Crippen LogP contribution in [0.4, 0.5) is 0 Å². The Kier molecular flexibility index (Phi) is 9.46. The molecule has 0 bridgehead atoms. The van der Waals surface area contributed by atoms with Crippen molar-refractivity contribution in [3.8, 4) is 17.2 Å². The van der Waals surface area contributed by atoms with Gasteiger partial charge in [-0.2, -0.15) is 5.10 Å². The van der Waals surface area contributed by atoms with Crippen LogP contribution in [-0.2, 0) is 11.3 Å². The lowest BCUT2D eigenvalue weighted by Gasteiger charge is -2.22. The molecular weight excluding hydrogens is 621 g/mol. The van der Waals surface area contributed by atoms with Gasteiger partial charge in [0.2, 0.25) is 0 Å². The quantitative estimate of drug-likeness (QED) is 0.173. The first-order valence-electron chi connectivity index (χ1n) is 14.6. The fourth-order valence-corrected chi connectivity index (χ4v) is 6.76. The number of hydrogen-bond donors (Lipinski definition) is 1. The first-order chi connectivity index (χ1) is 22.4. The number of nitrogens with one attached hydrogen (secondary N) is 1. The summed E-state index contributed by atoms with van der Waals surface area (Å²) in [6, 6.07) is 26.4. The van der Waals surface area contributed by atoms with Crippen molar-refractivity contribution in [3.05, 3.63) is 118 Å². The van der Waals surface area contributed by atoms with E-state index in [1.165, 1.54) is 11.8 Å². The molecular formula is C34H32N6O4S2. The Morgan fingerprint density at radius 3 is 2.54 bits per heavy atom. The minimum atomic E-state index is -0.254. The summed E-state index contributed by atoms with van der Waals surface area (Å²) in [6.45, 7) is 2.06. The van der Waals surface area contributed by atoms with Gasteiger partial charge in [0.15, 0.2) is 11.0 Å². The van der Waals surface area contributed by atoms with Crippen LogP contribution < -0.4 is 14.8 Å². The van der Waals surface area contributed by atoms with Gasteiger partial charge in [-0.05, 0) is 60.3 Å². The van der Waals surface area contributed by atoms with E-state index in [1.54, 1.807) is 36.6 Å². The van der Waals surface area contributed by atoms with Gasteiger partial charge in [-0.15, -0.1) is 21.5 Å². The summed E-state index contributed by atoms with van der Waals surface area (Å²) in [5.74, 6) is 1.52. The zero-order valence-corrected chi connectivity index (χ0v) is 27.2. The molecule has 6 rings (SSSR count). The van der Waals surface area contributed by atoms with Gasteiger partial charge in [0.25, 0.3) is 11.8 Å². The van der Waals surface area contributed by atoms with E-state index < -0.39 is 0 Å². The van der Waals surface area contributed by atoms with Crippen molar-refractivity contribution in [2.24, 2.45) is 5.10 Å². The molecule has 2 aromatic heterocycles. The van der Waals surface area contributed by atoms with E-state index in [-0.39, 0.29) is 30.2 Å². The van der Waals surface area contributed by atoms with Crippen LogP contribution in [0, 0.1) is 6.92 Å². The Balaban J connectivity index is 1.25. The van der Waals surface area contributed by atoms with Gasteiger partial charge in [-0.3, -0.25) is 14.2 Å². The molecule has 2 amide bonds. The second-order valence-electron chi connectivity index (χ2n) is 10.5. The number of rotatable bonds is 11. The Labute approximate surface area is 275 Å². The number of ether oxygens (including phenoxy) is 2. The fourth-order valence-electron chi connectivity index (χ4n) is 5.22. The van der Waals surface area contributed by atoms with Gasteiger partial charge in [-0.25, -0.2) is 5.01 Å². The predicted octanol–water partition coefficient (Wildman–Crippen LogP) is 6.05. The van der Waals surface area contributed by atoms with Crippen LogP contribution in [-0.4, -0.2) is 57.3 Å². The molecule has 0 aliphatic carbocycles. The van der Waals surface area contributed by atoms with Gasteiger partial charge in [0, 0.05) is 12.0 Å². The molecule has 0 spiro atoms. The third-order valence-electron chi connectivity index (χ3n) is 7.51. The molecule has 234 valence electrons.